The van der Waals surface area contributed by atoms with Crippen molar-refractivity contribution in [3.05, 3.63) is 218 Å². The zero-order valence-corrected chi connectivity index (χ0v) is 32.9. The lowest BCUT2D eigenvalue weighted by atomic mass is 10.1. The summed E-state index contributed by atoms with van der Waals surface area (Å²) in [6, 6.07) is 77.7. The fourth-order valence-electron chi connectivity index (χ4n) is 9.19. The minimum Gasteiger partial charge on any atom is -0.294 e. The number of benzene rings is 8. The van der Waals surface area contributed by atoms with Gasteiger partial charge in [0.1, 0.15) is 11.6 Å². The zero-order valence-electron chi connectivity index (χ0n) is 31.9. The summed E-state index contributed by atoms with van der Waals surface area (Å²) >= 11 is 0. The van der Waals surface area contributed by atoms with Gasteiger partial charge < -0.3 is 0 Å². The van der Waals surface area contributed by atoms with E-state index in [0.29, 0.717) is 11.4 Å². The van der Waals surface area contributed by atoms with Gasteiger partial charge in [-0.2, -0.15) is 5.26 Å². The molecule has 11 aromatic rings. The quantitative estimate of drug-likeness (QED) is 0.120. The molecule has 0 aliphatic heterocycles. The average molecular weight is 770 g/mol. The lowest BCUT2D eigenvalue weighted by Crippen LogP contribution is -2.74. The van der Waals surface area contributed by atoms with Crippen LogP contribution in [0.5, 0.6) is 0 Å². The molecule has 59 heavy (non-hydrogen) atoms. The second-order valence-corrected chi connectivity index (χ2v) is 18.7. The minimum atomic E-state index is -2.84. The molecule has 0 N–H and O–H groups in total. The average Bonchev–Trinajstić information content (AvgIpc) is 3.83. The third-order valence-electron chi connectivity index (χ3n) is 11.7. The zero-order chi connectivity index (χ0) is 39.3. The van der Waals surface area contributed by atoms with Gasteiger partial charge in [-0.25, -0.2) is 9.97 Å². The van der Waals surface area contributed by atoms with Crippen molar-refractivity contribution in [2.24, 2.45) is 0 Å². The summed E-state index contributed by atoms with van der Waals surface area (Å²) in [5, 5.41) is 19.4. The molecule has 0 atom stereocenters. The van der Waals surface area contributed by atoms with E-state index in [0.717, 1.165) is 60.8 Å². The highest BCUT2D eigenvalue weighted by molar-refractivity contribution is 7.19. The van der Waals surface area contributed by atoms with Crippen LogP contribution in [0.15, 0.2) is 212 Å². The number of para-hydroxylation sites is 3. The second-order valence-electron chi connectivity index (χ2n) is 14.9. The van der Waals surface area contributed by atoms with E-state index in [1.807, 2.05) is 24.3 Å². The van der Waals surface area contributed by atoms with Gasteiger partial charge in [-0.15, -0.1) is 0 Å². The number of nitriles is 1. The van der Waals surface area contributed by atoms with Crippen LogP contribution in [0.1, 0.15) is 5.56 Å². The molecule has 0 radical (unpaired) electrons. The Morgan fingerprint density at radius 3 is 1.29 bits per heavy atom. The normalized spacial score (nSPS) is 11.7. The predicted molar refractivity (Wildman–Crippen MR) is 244 cm³/mol. The highest BCUT2D eigenvalue weighted by Gasteiger charge is 2.41. The van der Waals surface area contributed by atoms with Crippen LogP contribution in [0.3, 0.4) is 0 Å². The van der Waals surface area contributed by atoms with Crippen LogP contribution in [0.2, 0.25) is 0 Å². The maximum atomic E-state index is 9.89. The van der Waals surface area contributed by atoms with Gasteiger partial charge in [0.25, 0.3) is 0 Å². The molecule has 276 valence electrons. The Bertz CT molecular complexity index is 3250. The predicted octanol–water partition coefficient (Wildman–Crippen LogP) is 9.59. The number of hydrogen-bond acceptors (Lipinski definition) is 3. The SMILES string of the molecule is N#Cc1ccc2c(c1)c1ccccc1n2-c1cc(-n2c3ccccc3c3ccccc32)nc(-c2cccc([Si](c3ccccc3)(c3ccccc3)c3ccccc3)c2)n1. The Kier molecular flexibility index (Phi) is 8.14. The minimum absolute atomic E-state index is 0.620. The fraction of sp³-hybridized carbons (Fsp3) is 0. The van der Waals surface area contributed by atoms with Crippen molar-refractivity contribution < 1.29 is 0 Å². The van der Waals surface area contributed by atoms with Gasteiger partial charge in [-0.1, -0.05) is 170 Å². The molecule has 0 saturated carbocycles. The number of hydrogen-bond donors (Lipinski definition) is 0. The first kappa shape index (κ1) is 34.4. The van der Waals surface area contributed by atoms with Crippen LogP contribution in [-0.2, 0) is 0 Å². The van der Waals surface area contributed by atoms with Crippen molar-refractivity contribution in [2.75, 3.05) is 0 Å². The van der Waals surface area contributed by atoms with E-state index in [2.05, 4.69) is 203 Å². The van der Waals surface area contributed by atoms with E-state index in [9.17, 15) is 5.26 Å². The van der Waals surface area contributed by atoms with Gasteiger partial charge in [-0.05, 0) is 57.1 Å². The Balaban J connectivity index is 1.23. The van der Waals surface area contributed by atoms with Crippen molar-refractivity contribution >= 4 is 72.4 Å². The lowest BCUT2D eigenvalue weighted by Gasteiger charge is -2.34. The summed E-state index contributed by atoms with van der Waals surface area (Å²) in [6.45, 7) is 0. The highest BCUT2D eigenvalue weighted by Crippen LogP contribution is 2.36. The summed E-state index contributed by atoms with van der Waals surface area (Å²) in [5.74, 6) is 2.13. The molecule has 0 bridgehead atoms. The van der Waals surface area contributed by atoms with Gasteiger partial charge in [-0.3, -0.25) is 9.13 Å². The highest BCUT2D eigenvalue weighted by atomic mass is 28.3. The van der Waals surface area contributed by atoms with Crippen LogP contribution in [0, 0.1) is 11.3 Å². The summed E-state index contributed by atoms with van der Waals surface area (Å²) < 4.78 is 4.48. The summed E-state index contributed by atoms with van der Waals surface area (Å²) in [6.07, 6.45) is 0. The van der Waals surface area contributed by atoms with E-state index in [-0.39, 0.29) is 0 Å². The van der Waals surface area contributed by atoms with E-state index < -0.39 is 8.07 Å². The number of rotatable bonds is 7. The van der Waals surface area contributed by atoms with E-state index in [4.69, 9.17) is 9.97 Å². The molecular weight excluding hydrogens is 735 g/mol. The molecule has 5 nitrogen and oxygen atoms in total. The van der Waals surface area contributed by atoms with E-state index in [1.165, 1.54) is 20.7 Å². The van der Waals surface area contributed by atoms with Gasteiger partial charge in [0.15, 0.2) is 13.9 Å². The number of fused-ring (bicyclic) bond motifs is 6. The molecule has 8 aromatic carbocycles. The van der Waals surface area contributed by atoms with Gasteiger partial charge in [0.2, 0.25) is 0 Å². The molecule has 0 fully saturated rings. The van der Waals surface area contributed by atoms with Crippen molar-refractivity contribution in [3.63, 3.8) is 0 Å². The third-order valence-corrected chi connectivity index (χ3v) is 16.5. The van der Waals surface area contributed by atoms with Crippen LogP contribution < -0.4 is 20.7 Å². The van der Waals surface area contributed by atoms with Crippen molar-refractivity contribution in [1.29, 1.82) is 5.26 Å². The van der Waals surface area contributed by atoms with Gasteiger partial charge >= 0.3 is 0 Å². The lowest BCUT2D eigenvalue weighted by molar-refractivity contribution is 0.994. The van der Waals surface area contributed by atoms with Crippen LogP contribution in [0.25, 0.3) is 66.6 Å². The first-order valence-corrected chi connectivity index (χ1v) is 21.8. The summed E-state index contributed by atoms with van der Waals surface area (Å²) in [4.78, 5) is 11.0. The van der Waals surface area contributed by atoms with Crippen LogP contribution in [-0.4, -0.2) is 27.2 Å². The van der Waals surface area contributed by atoms with Crippen molar-refractivity contribution in [1.82, 2.24) is 19.1 Å². The third kappa shape index (κ3) is 5.44. The van der Waals surface area contributed by atoms with E-state index in [1.54, 1.807) is 0 Å². The van der Waals surface area contributed by atoms with Crippen LogP contribution in [0.4, 0.5) is 0 Å². The number of nitrogens with zero attached hydrogens (tertiary/aromatic N) is 5. The molecule has 0 aliphatic rings. The molecule has 0 aliphatic carbocycles. The molecule has 0 spiro atoms. The molecule has 3 aromatic heterocycles. The summed E-state index contributed by atoms with van der Waals surface area (Å²) in [7, 11) is -2.84. The Morgan fingerprint density at radius 1 is 0.373 bits per heavy atom. The second kappa shape index (κ2) is 14.0. The van der Waals surface area contributed by atoms with Crippen molar-refractivity contribution in [3.8, 4) is 29.1 Å². The standard InChI is InChI=1S/C53H35N5Si/c54-36-37-31-32-50-46(33-37)45-27-12-15-30-49(45)58(50)52-35-51(57-47-28-13-10-25-43(47)44-26-11-14-29-48(44)57)55-53(56-52)38-17-16-24-42(34-38)59(39-18-4-1-5-19-39,40-20-6-2-7-21-40)41-22-8-3-9-23-41/h1-35H. The maximum Gasteiger partial charge on any atom is 0.179 e. The summed E-state index contributed by atoms with van der Waals surface area (Å²) in [5.41, 5.74) is 5.67. The largest absolute Gasteiger partial charge is 0.294 e. The topological polar surface area (TPSA) is 59.4 Å². The van der Waals surface area contributed by atoms with E-state index >= 15 is 0 Å². The Hall–Kier alpha value is -7.85. The monoisotopic (exact) mass is 769 g/mol. The molecule has 11 rings (SSSR count). The number of aromatic nitrogens is 4. The maximum absolute atomic E-state index is 9.89. The first-order chi connectivity index (χ1) is 29.2. The molecule has 3 heterocycles. The molecule has 6 heteroatoms. The molecule has 0 amide bonds. The first-order valence-electron chi connectivity index (χ1n) is 19.8. The molecule has 0 unspecified atom stereocenters. The van der Waals surface area contributed by atoms with Gasteiger partial charge in [0, 0.05) is 33.2 Å². The van der Waals surface area contributed by atoms with Crippen molar-refractivity contribution in [2.45, 2.75) is 0 Å². The molecule has 0 saturated heterocycles. The van der Waals surface area contributed by atoms with Gasteiger partial charge in [0.05, 0.1) is 33.7 Å². The Morgan fingerprint density at radius 2 is 0.797 bits per heavy atom. The van der Waals surface area contributed by atoms with Crippen LogP contribution >= 0.6 is 0 Å². The smallest absolute Gasteiger partial charge is 0.179 e. The molecular formula is C53H35N5Si. The fourth-order valence-corrected chi connectivity index (χ4v) is 14.0. The Labute approximate surface area is 342 Å².